The van der Waals surface area contributed by atoms with Gasteiger partial charge in [0.15, 0.2) is 0 Å². The molecule has 0 aliphatic carbocycles. The molecule has 7 nitrogen and oxygen atoms in total. The maximum Gasteiger partial charge on any atom is 0.416 e. The van der Waals surface area contributed by atoms with Crippen LogP contribution in [-0.2, 0) is 38.8 Å². The van der Waals surface area contributed by atoms with Crippen LogP contribution in [0.25, 0.3) is 0 Å². The lowest BCUT2D eigenvalue weighted by Gasteiger charge is -2.34. The van der Waals surface area contributed by atoms with Gasteiger partial charge >= 0.3 is 6.18 Å². The summed E-state index contributed by atoms with van der Waals surface area (Å²) in [6.07, 6.45) is -3.96. The molecule has 13 heteroatoms. The normalized spacial score (nSPS) is 12.5. The predicted molar refractivity (Wildman–Crippen MR) is 153 cm³/mol. The minimum absolute atomic E-state index is 0.0755. The molecule has 1 atom stereocenters. The minimum atomic E-state index is -4.79. The smallest absolute Gasteiger partial charge is 0.355 e. The summed E-state index contributed by atoms with van der Waals surface area (Å²) in [6, 6.07) is 16.6. The number of benzene rings is 3. The number of likely N-dealkylation sites (N-methyl/N-ethyl adjacent to an activating group) is 1. The lowest BCUT2D eigenvalue weighted by atomic mass is 10.0. The van der Waals surface area contributed by atoms with E-state index in [0.717, 1.165) is 17.9 Å². The molecule has 0 saturated heterocycles. The zero-order chi connectivity index (χ0) is 30.4. The van der Waals surface area contributed by atoms with Crippen LogP contribution < -0.4 is 9.62 Å². The summed E-state index contributed by atoms with van der Waals surface area (Å²) >= 11 is 12.5. The monoisotopic (exact) mass is 629 g/mol. The van der Waals surface area contributed by atoms with Gasteiger partial charge in [-0.3, -0.25) is 13.9 Å². The Kier molecular flexibility index (Phi) is 10.7. The van der Waals surface area contributed by atoms with Gasteiger partial charge in [-0.15, -0.1) is 0 Å². The number of amides is 2. The highest BCUT2D eigenvalue weighted by atomic mass is 35.5. The lowest BCUT2D eigenvalue weighted by Crippen LogP contribution is -2.53. The highest BCUT2D eigenvalue weighted by Crippen LogP contribution is 2.36. The van der Waals surface area contributed by atoms with E-state index >= 15 is 0 Å². The molecule has 220 valence electrons. The molecule has 3 aromatic carbocycles. The number of hydrogen-bond donors (Lipinski definition) is 1. The van der Waals surface area contributed by atoms with E-state index in [9.17, 15) is 31.2 Å². The van der Waals surface area contributed by atoms with Crippen LogP contribution in [-0.4, -0.2) is 50.5 Å². The van der Waals surface area contributed by atoms with Gasteiger partial charge in [-0.2, -0.15) is 13.2 Å². The number of alkyl halides is 3. The van der Waals surface area contributed by atoms with Crippen molar-refractivity contribution >= 4 is 50.7 Å². The van der Waals surface area contributed by atoms with Gasteiger partial charge in [0, 0.05) is 24.5 Å². The zero-order valence-electron chi connectivity index (χ0n) is 22.2. The van der Waals surface area contributed by atoms with Crippen molar-refractivity contribution in [1.82, 2.24) is 10.2 Å². The molecule has 0 radical (unpaired) electrons. The topological polar surface area (TPSA) is 86.8 Å². The van der Waals surface area contributed by atoms with E-state index in [2.05, 4.69) is 5.32 Å². The van der Waals surface area contributed by atoms with Gasteiger partial charge in [-0.25, -0.2) is 8.42 Å². The quantitative estimate of drug-likeness (QED) is 0.301. The van der Waals surface area contributed by atoms with Crippen LogP contribution in [0.3, 0.4) is 0 Å². The summed E-state index contributed by atoms with van der Waals surface area (Å²) in [6.45, 7) is 0.863. The molecule has 1 N–H and O–H groups in total. The van der Waals surface area contributed by atoms with Crippen LogP contribution in [0.5, 0.6) is 0 Å². The number of sulfonamides is 1. The largest absolute Gasteiger partial charge is 0.416 e. The van der Waals surface area contributed by atoms with Crippen molar-refractivity contribution in [3.8, 4) is 0 Å². The fourth-order valence-electron chi connectivity index (χ4n) is 4.13. The zero-order valence-corrected chi connectivity index (χ0v) is 24.5. The molecular formula is C28H28Cl2F3N3O4S. The molecule has 0 heterocycles. The molecule has 0 unspecified atom stereocenters. The first-order chi connectivity index (χ1) is 19.2. The first-order valence-corrected chi connectivity index (χ1v) is 15.0. The van der Waals surface area contributed by atoms with Crippen LogP contribution in [0.1, 0.15) is 23.6 Å². The highest BCUT2D eigenvalue weighted by molar-refractivity contribution is 7.92. The summed E-state index contributed by atoms with van der Waals surface area (Å²) < 4.78 is 66.5. The summed E-state index contributed by atoms with van der Waals surface area (Å²) in [5.41, 5.74) is -0.461. The number of anilines is 1. The van der Waals surface area contributed by atoms with Crippen LogP contribution in [0.2, 0.25) is 10.0 Å². The Morgan fingerprint density at radius 3 is 2.17 bits per heavy atom. The van der Waals surface area contributed by atoms with Gasteiger partial charge in [0.05, 0.1) is 22.5 Å². The Morgan fingerprint density at radius 2 is 1.59 bits per heavy atom. The average Bonchev–Trinajstić information content (AvgIpc) is 2.90. The lowest BCUT2D eigenvalue weighted by molar-refractivity contribution is -0.140. The van der Waals surface area contributed by atoms with E-state index in [4.69, 9.17) is 23.2 Å². The van der Waals surface area contributed by atoms with E-state index in [1.165, 1.54) is 4.90 Å². The third-order valence-corrected chi connectivity index (χ3v) is 7.96. The molecule has 0 bridgehead atoms. The van der Waals surface area contributed by atoms with Crippen molar-refractivity contribution in [2.45, 2.75) is 32.1 Å². The molecule has 41 heavy (non-hydrogen) atoms. The Balaban J connectivity index is 2.11. The van der Waals surface area contributed by atoms with E-state index in [0.29, 0.717) is 27.0 Å². The van der Waals surface area contributed by atoms with Gasteiger partial charge < -0.3 is 10.2 Å². The molecule has 0 saturated carbocycles. The maximum atomic E-state index is 14.0. The molecule has 0 spiro atoms. The maximum absolute atomic E-state index is 14.0. The third-order valence-electron chi connectivity index (χ3n) is 6.14. The number of carbonyl (C=O) groups excluding carboxylic acids is 2. The standard InChI is InChI=1S/C28H28Cl2F3N3O4S/c1-3-34-27(38)25(15-19-9-5-4-6-10-19)35(17-20-11-7-8-12-22(20)29)26(37)18-36(41(2,39)40)24-16-21(28(31,32)33)13-14-23(24)30/h4-14,16,25H,3,15,17-18H2,1-2H3,(H,34,38)/t25-/m1/s1. The molecule has 2 amide bonds. The number of carbonyl (C=O) groups is 2. The molecular weight excluding hydrogens is 602 g/mol. The molecule has 3 rings (SSSR count). The van der Waals surface area contributed by atoms with Crippen LogP contribution >= 0.6 is 23.2 Å². The van der Waals surface area contributed by atoms with Gasteiger partial charge in [-0.05, 0) is 42.3 Å². The Morgan fingerprint density at radius 1 is 0.951 bits per heavy atom. The minimum Gasteiger partial charge on any atom is -0.355 e. The first kappa shape index (κ1) is 32.2. The molecule has 0 fully saturated rings. The van der Waals surface area contributed by atoms with Crippen molar-refractivity contribution in [2.24, 2.45) is 0 Å². The fourth-order valence-corrected chi connectivity index (χ4v) is 5.45. The van der Waals surface area contributed by atoms with Crippen molar-refractivity contribution in [1.29, 1.82) is 0 Å². The van der Waals surface area contributed by atoms with Crippen LogP contribution in [0.15, 0.2) is 72.8 Å². The number of nitrogens with one attached hydrogen (secondary N) is 1. The van der Waals surface area contributed by atoms with Crippen molar-refractivity contribution in [2.75, 3.05) is 23.7 Å². The van der Waals surface area contributed by atoms with Gasteiger partial charge in [-0.1, -0.05) is 71.7 Å². The summed E-state index contributed by atoms with van der Waals surface area (Å²) in [5, 5.41) is 2.71. The van der Waals surface area contributed by atoms with Crippen molar-refractivity contribution in [3.63, 3.8) is 0 Å². The van der Waals surface area contributed by atoms with E-state index in [1.807, 2.05) is 0 Å². The van der Waals surface area contributed by atoms with E-state index < -0.39 is 51.9 Å². The summed E-state index contributed by atoms with van der Waals surface area (Å²) in [7, 11) is -4.32. The van der Waals surface area contributed by atoms with Gasteiger partial charge in [0.25, 0.3) is 0 Å². The molecule has 0 aliphatic rings. The second-order valence-corrected chi connectivity index (χ2v) is 11.9. The van der Waals surface area contributed by atoms with Crippen LogP contribution in [0.4, 0.5) is 18.9 Å². The number of rotatable bonds is 11. The van der Waals surface area contributed by atoms with Gasteiger partial charge in [0.2, 0.25) is 21.8 Å². The molecule has 3 aromatic rings. The van der Waals surface area contributed by atoms with Crippen molar-refractivity contribution in [3.05, 3.63) is 99.5 Å². The number of halogens is 5. The Labute approximate surface area is 246 Å². The van der Waals surface area contributed by atoms with E-state index in [1.54, 1.807) is 61.5 Å². The number of nitrogens with zero attached hydrogens (tertiary/aromatic N) is 2. The first-order valence-electron chi connectivity index (χ1n) is 12.4. The molecule has 0 aromatic heterocycles. The van der Waals surface area contributed by atoms with Crippen LogP contribution in [0, 0.1) is 0 Å². The second kappa shape index (κ2) is 13.6. The molecule has 0 aliphatic heterocycles. The SMILES string of the molecule is CCNC(=O)[C@@H](Cc1ccccc1)N(Cc1ccccc1Cl)C(=O)CN(c1cc(C(F)(F)F)ccc1Cl)S(C)(=O)=O. The predicted octanol–water partition coefficient (Wildman–Crippen LogP) is 5.55. The highest BCUT2D eigenvalue weighted by Gasteiger charge is 2.36. The Bertz CT molecular complexity index is 1490. The summed E-state index contributed by atoms with van der Waals surface area (Å²) in [4.78, 5) is 28.4. The second-order valence-electron chi connectivity index (χ2n) is 9.15. The average molecular weight is 631 g/mol. The fraction of sp³-hybridized carbons (Fsp3) is 0.286. The Hall–Kier alpha value is -3.28. The number of hydrogen-bond acceptors (Lipinski definition) is 4. The van der Waals surface area contributed by atoms with Gasteiger partial charge in [0.1, 0.15) is 12.6 Å². The van der Waals surface area contributed by atoms with Crippen molar-refractivity contribution < 1.29 is 31.2 Å². The summed E-state index contributed by atoms with van der Waals surface area (Å²) in [5.74, 6) is -1.35. The van der Waals surface area contributed by atoms with E-state index in [-0.39, 0.29) is 24.5 Å². The third kappa shape index (κ3) is 8.61.